The fourth-order valence-corrected chi connectivity index (χ4v) is 2.58. The van der Waals surface area contributed by atoms with Gasteiger partial charge in [-0.2, -0.15) is 0 Å². The van der Waals surface area contributed by atoms with Gasteiger partial charge in [0.1, 0.15) is 5.69 Å². The second kappa shape index (κ2) is 6.40. The second-order valence-electron chi connectivity index (χ2n) is 5.49. The lowest BCUT2D eigenvalue weighted by Crippen LogP contribution is -2.22. The normalized spacial score (nSPS) is 11.7. The first-order chi connectivity index (χ1) is 11.9. The Labute approximate surface area is 147 Å². The first-order valence-electron chi connectivity index (χ1n) is 7.31. The third kappa shape index (κ3) is 3.24. The van der Waals surface area contributed by atoms with Crippen molar-refractivity contribution in [2.75, 3.05) is 0 Å². The van der Waals surface area contributed by atoms with Gasteiger partial charge >= 0.3 is 5.82 Å². The third-order valence-electron chi connectivity index (χ3n) is 3.49. The van der Waals surface area contributed by atoms with Crippen molar-refractivity contribution >= 4 is 23.1 Å². The van der Waals surface area contributed by atoms with Crippen LogP contribution in [0.4, 0.5) is 11.5 Å². The van der Waals surface area contributed by atoms with Crippen LogP contribution in [0, 0.1) is 24.0 Å². The number of aryl methyl sites for hydroxylation is 2. The van der Waals surface area contributed by atoms with Gasteiger partial charge in [0, 0.05) is 0 Å². The average molecular weight is 360 g/mol. The Hall–Kier alpha value is -3.13. The van der Waals surface area contributed by atoms with Gasteiger partial charge in [0.25, 0.3) is 5.49 Å². The molecule has 0 spiro atoms. The lowest BCUT2D eigenvalue weighted by Gasteiger charge is -2.01. The SMILES string of the molecule is Cc1cccc(-n2nc([N+](=O)[O-])c(=Nc3ccc(C)cc3Cl)n2O)c1. The number of nitrogens with zero attached hydrogens (tertiary/aromatic N) is 5. The van der Waals surface area contributed by atoms with E-state index >= 15 is 0 Å². The fourth-order valence-electron chi connectivity index (χ4n) is 2.31. The maximum absolute atomic E-state index is 11.3. The van der Waals surface area contributed by atoms with E-state index in [9.17, 15) is 15.3 Å². The van der Waals surface area contributed by atoms with Gasteiger partial charge in [0.15, 0.2) is 0 Å². The molecule has 2 aromatic carbocycles. The number of hydrogen-bond acceptors (Lipinski definition) is 5. The predicted molar refractivity (Wildman–Crippen MR) is 91.5 cm³/mol. The number of benzene rings is 2. The van der Waals surface area contributed by atoms with Crippen LogP contribution in [0.5, 0.6) is 0 Å². The van der Waals surface area contributed by atoms with Gasteiger partial charge in [0.2, 0.25) is 0 Å². The number of aromatic nitrogens is 3. The summed E-state index contributed by atoms with van der Waals surface area (Å²) in [7, 11) is 0. The summed E-state index contributed by atoms with van der Waals surface area (Å²) >= 11 is 6.13. The van der Waals surface area contributed by atoms with Gasteiger partial charge in [-0.1, -0.05) is 34.6 Å². The van der Waals surface area contributed by atoms with E-state index in [1.165, 1.54) is 0 Å². The first kappa shape index (κ1) is 16.7. The molecule has 3 aromatic rings. The largest absolute Gasteiger partial charge is 0.438 e. The van der Waals surface area contributed by atoms with E-state index in [0.717, 1.165) is 15.9 Å². The zero-order chi connectivity index (χ0) is 18.1. The summed E-state index contributed by atoms with van der Waals surface area (Å²) in [5.74, 6) is -0.583. The number of nitro groups is 1. The Morgan fingerprint density at radius 1 is 1.20 bits per heavy atom. The molecule has 1 heterocycles. The van der Waals surface area contributed by atoms with E-state index in [0.29, 0.717) is 21.2 Å². The quantitative estimate of drug-likeness (QED) is 0.440. The Morgan fingerprint density at radius 3 is 2.56 bits per heavy atom. The maximum atomic E-state index is 11.3. The summed E-state index contributed by atoms with van der Waals surface area (Å²) < 4.78 is 0. The molecule has 0 unspecified atom stereocenters. The summed E-state index contributed by atoms with van der Waals surface area (Å²) in [5.41, 5.74) is 2.27. The zero-order valence-corrected chi connectivity index (χ0v) is 14.2. The molecule has 0 bridgehead atoms. The van der Waals surface area contributed by atoms with Crippen molar-refractivity contribution in [3.05, 3.63) is 74.2 Å². The van der Waals surface area contributed by atoms with Crippen molar-refractivity contribution in [2.24, 2.45) is 4.99 Å². The Bertz CT molecular complexity index is 1040. The summed E-state index contributed by atoms with van der Waals surface area (Å²) in [6.07, 6.45) is 0. The van der Waals surface area contributed by atoms with Crippen molar-refractivity contribution in [3.63, 3.8) is 0 Å². The number of halogens is 1. The highest BCUT2D eigenvalue weighted by molar-refractivity contribution is 6.33. The maximum Gasteiger partial charge on any atom is 0.438 e. The van der Waals surface area contributed by atoms with Gasteiger partial charge in [-0.3, -0.25) is 0 Å². The molecule has 9 heteroatoms. The zero-order valence-electron chi connectivity index (χ0n) is 13.4. The van der Waals surface area contributed by atoms with Gasteiger partial charge in [-0.15, -0.1) is 0 Å². The second-order valence-corrected chi connectivity index (χ2v) is 5.90. The average Bonchev–Trinajstić information content (AvgIpc) is 2.87. The van der Waals surface area contributed by atoms with Crippen LogP contribution in [-0.4, -0.2) is 24.9 Å². The minimum absolute atomic E-state index is 0.293. The molecular weight excluding hydrogens is 346 g/mol. The van der Waals surface area contributed by atoms with E-state index in [-0.39, 0.29) is 5.49 Å². The van der Waals surface area contributed by atoms with Crippen molar-refractivity contribution in [1.29, 1.82) is 0 Å². The first-order valence-corrected chi connectivity index (χ1v) is 7.68. The van der Waals surface area contributed by atoms with E-state index in [4.69, 9.17) is 11.6 Å². The van der Waals surface area contributed by atoms with Crippen molar-refractivity contribution < 1.29 is 10.1 Å². The topological polar surface area (TPSA) is 98.5 Å². The molecule has 0 saturated heterocycles. The molecule has 0 aliphatic carbocycles. The summed E-state index contributed by atoms with van der Waals surface area (Å²) in [6.45, 7) is 3.72. The summed E-state index contributed by atoms with van der Waals surface area (Å²) in [4.78, 5) is 16.3. The van der Waals surface area contributed by atoms with Crippen LogP contribution in [-0.2, 0) is 0 Å². The molecule has 0 amide bonds. The molecule has 0 saturated carbocycles. The van der Waals surface area contributed by atoms with Crippen molar-refractivity contribution in [2.45, 2.75) is 13.8 Å². The van der Waals surface area contributed by atoms with E-state index in [1.54, 1.807) is 36.4 Å². The van der Waals surface area contributed by atoms with Gasteiger partial charge < -0.3 is 15.3 Å². The molecule has 0 atom stereocenters. The molecule has 1 aromatic heterocycles. The molecule has 0 fully saturated rings. The van der Waals surface area contributed by atoms with Crippen LogP contribution in [0.25, 0.3) is 5.69 Å². The number of rotatable bonds is 3. The highest BCUT2D eigenvalue weighted by Crippen LogP contribution is 2.25. The highest BCUT2D eigenvalue weighted by Gasteiger charge is 2.24. The van der Waals surface area contributed by atoms with E-state index in [2.05, 4.69) is 10.1 Å². The molecule has 25 heavy (non-hydrogen) atoms. The van der Waals surface area contributed by atoms with E-state index < -0.39 is 10.7 Å². The van der Waals surface area contributed by atoms with Crippen molar-refractivity contribution in [3.8, 4) is 5.69 Å². The molecule has 0 aliphatic rings. The lowest BCUT2D eigenvalue weighted by molar-refractivity contribution is -0.391. The third-order valence-corrected chi connectivity index (χ3v) is 3.80. The monoisotopic (exact) mass is 359 g/mol. The van der Waals surface area contributed by atoms with Crippen LogP contribution >= 0.6 is 11.6 Å². The predicted octanol–water partition coefficient (Wildman–Crippen LogP) is 3.32. The van der Waals surface area contributed by atoms with Crippen molar-refractivity contribution in [1.82, 2.24) is 14.7 Å². The Morgan fingerprint density at radius 2 is 1.92 bits per heavy atom. The summed E-state index contributed by atoms with van der Waals surface area (Å²) in [6, 6.07) is 12.1. The minimum atomic E-state index is -0.708. The Kier molecular flexibility index (Phi) is 4.28. The van der Waals surface area contributed by atoms with E-state index in [1.807, 2.05) is 19.9 Å². The Balaban J connectivity index is 2.26. The van der Waals surface area contributed by atoms with Crippen LogP contribution < -0.4 is 5.49 Å². The fraction of sp³-hybridized carbons (Fsp3) is 0.125. The molecule has 128 valence electrons. The van der Waals surface area contributed by atoms with Gasteiger partial charge in [-0.25, -0.2) is 4.99 Å². The van der Waals surface area contributed by atoms with Crippen LogP contribution in [0.3, 0.4) is 0 Å². The highest BCUT2D eigenvalue weighted by atomic mass is 35.5. The molecule has 1 N–H and O–H groups in total. The molecule has 3 rings (SSSR count). The molecule has 0 radical (unpaired) electrons. The minimum Gasteiger partial charge on any atom is -0.409 e. The standard InChI is InChI=1S/C16H14ClN5O3/c1-10-4-3-5-12(8-10)20-19-16(22(24)25)15(21(20)23)18-14-7-6-11(2)9-13(14)17/h3-9,23H,1-2H3. The lowest BCUT2D eigenvalue weighted by atomic mass is 10.2. The smallest absolute Gasteiger partial charge is 0.409 e. The van der Waals surface area contributed by atoms with Crippen LogP contribution in [0.2, 0.25) is 5.02 Å². The van der Waals surface area contributed by atoms with Crippen LogP contribution in [0.15, 0.2) is 47.5 Å². The van der Waals surface area contributed by atoms with Crippen LogP contribution in [0.1, 0.15) is 11.1 Å². The van der Waals surface area contributed by atoms with Gasteiger partial charge in [-0.05, 0) is 59.0 Å². The van der Waals surface area contributed by atoms with Gasteiger partial charge in [0.05, 0.1) is 15.8 Å². The molecular formula is C16H14ClN5O3. The number of hydrogen-bond donors (Lipinski definition) is 1. The molecule has 8 nitrogen and oxygen atoms in total. The summed E-state index contributed by atoms with van der Waals surface area (Å²) in [5, 5.41) is 25.9. The molecule has 0 aliphatic heterocycles.